The molecule has 1 fully saturated rings. The summed E-state index contributed by atoms with van der Waals surface area (Å²) < 4.78 is 38.9. The monoisotopic (exact) mass is 262 g/mol. The number of hydrogen-bond donors (Lipinski definition) is 1. The van der Waals surface area contributed by atoms with E-state index in [1.54, 1.807) is 0 Å². The molecule has 2 rings (SSSR count). The highest BCUT2D eigenvalue weighted by molar-refractivity contribution is 5.66. The van der Waals surface area contributed by atoms with E-state index in [1.807, 2.05) is 0 Å². The molecule has 1 aliphatic rings. The molecular weight excluding hydrogens is 249 g/mol. The lowest BCUT2D eigenvalue weighted by atomic mass is 10.2. The first-order chi connectivity index (χ1) is 8.38. The van der Waals surface area contributed by atoms with Gasteiger partial charge in [0, 0.05) is 24.6 Å². The standard InChI is InChI=1S/C11H13F3N2O2/c12-11(13,14)9-6-8(7-3-4-7)16(15-9)5-1-2-10(17)18/h6-7H,1-5H2,(H,17,18). The fraction of sp³-hybridized carbons (Fsp3) is 0.636. The lowest BCUT2D eigenvalue weighted by Crippen LogP contribution is -2.09. The van der Waals surface area contributed by atoms with Crippen molar-refractivity contribution >= 4 is 5.97 Å². The zero-order valence-electron chi connectivity index (χ0n) is 9.57. The Morgan fingerprint density at radius 3 is 2.67 bits per heavy atom. The van der Waals surface area contributed by atoms with E-state index < -0.39 is 17.8 Å². The molecule has 1 N–H and O–H groups in total. The van der Waals surface area contributed by atoms with Gasteiger partial charge < -0.3 is 5.11 Å². The molecule has 0 amide bonds. The summed E-state index contributed by atoms with van der Waals surface area (Å²) in [6.07, 6.45) is -2.47. The molecule has 1 aromatic rings. The minimum atomic E-state index is -4.44. The number of aromatic nitrogens is 2. The second-order valence-corrected chi connectivity index (χ2v) is 4.45. The molecule has 0 unspecified atom stereocenters. The van der Waals surface area contributed by atoms with Gasteiger partial charge in [-0.15, -0.1) is 0 Å². The number of aryl methyl sites for hydroxylation is 1. The van der Waals surface area contributed by atoms with Crippen molar-refractivity contribution in [3.8, 4) is 0 Å². The number of hydrogen-bond acceptors (Lipinski definition) is 2. The Bertz CT molecular complexity index is 450. The third-order valence-corrected chi connectivity index (χ3v) is 2.86. The van der Waals surface area contributed by atoms with Gasteiger partial charge in [0.15, 0.2) is 5.69 Å². The zero-order chi connectivity index (χ0) is 13.3. The maximum Gasteiger partial charge on any atom is 0.435 e. The zero-order valence-corrected chi connectivity index (χ0v) is 9.57. The van der Waals surface area contributed by atoms with Crippen LogP contribution < -0.4 is 0 Å². The first kappa shape index (κ1) is 12.9. The van der Waals surface area contributed by atoms with Crippen LogP contribution >= 0.6 is 0 Å². The van der Waals surface area contributed by atoms with Crippen LogP contribution in [0, 0.1) is 0 Å². The highest BCUT2D eigenvalue weighted by atomic mass is 19.4. The van der Waals surface area contributed by atoms with Crippen molar-refractivity contribution in [2.75, 3.05) is 0 Å². The van der Waals surface area contributed by atoms with Gasteiger partial charge in [0.25, 0.3) is 0 Å². The second kappa shape index (κ2) is 4.62. The van der Waals surface area contributed by atoms with E-state index in [-0.39, 0.29) is 25.3 Å². The van der Waals surface area contributed by atoms with Crippen LogP contribution in [0.1, 0.15) is 43.0 Å². The summed E-state index contributed by atoms with van der Waals surface area (Å²) in [7, 11) is 0. The Labute approximate surface area is 101 Å². The Morgan fingerprint density at radius 2 is 2.17 bits per heavy atom. The number of aliphatic carboxylic acids is 1. The van der Waals surface area contributed by atoms with E-state index in [9.17, 15) is 18.0 Å². The molecule has 1 aliphatic carbocycles. The number of carbonyl (C=O) groups is 1. The molecule has 0 atom stereocenters. The van der Waals surface area contributed by atoms with Crippen molar-refractivity contribution in [3.63, 3.8) is 0 Å². The number of carboxylic acid groups (broad SMARTS) is 1. The van der Waals surface area contributed by atoms with Crippen molar-refractivity contribution in [3.05, 3.63) is 17.5 Å². The molecule has 1 saturated carbocycles. The number of nitrogens with zero attached hydrogens (tertiary/aromatic N) is 2. The van der Waals surface area contributed by atoms with Gasteiger partial charge in [0.1, 0.15) is 0 Å². The molecule has 1 heterocycles. The first-order valence-electron chi connectivity index (χ1n) is 5.74. The van der Waals surface area contributed by atoms with E-state index in [4.69, 9.17) is 5.11 Å². The summed E-state index contributed by atoms with van der Waals surface area (Å²) in [5.41, 5.74) is -0.313. The highest BCUT2D eigenvalue weighted by Gasteiger charge is 2.37. The second-order valence-electron chi connectivity index (χ2n) is 4.45. The van der Waals surface area contributed by atoms with Crippen LogP contribution in [-0.2, 0) is 17.5 Å². The van der Waals surface area contributed by atoms with E-state index in [2.05, 4.69) is 5.10 Å². The minimum Gasteiger partial charge on any atom is -0.481 e. The Hall–Kier alpha value is -1.53. The summed E-state index contributed by atoms with van der Waals surface area (Å²) in [6.45, 7) is 0.216. The van der Waals surface area contributed by atoms with Crippen molar-refractivity contribution in [2.45, 2.75) is 44.3 Å². The Balaban J connectivity index is 2.11. The predicted molar refractivity (Wildman–Crippen MR) is 56.1 cm³/mol. The highest BCUT2D eigenvalue weighted by Crippen LogP contribution is 2.42. The van der Waals surface area contributed by atoms with Gasteiger partial charge in [-0.1, -0.05) is 0 Å². The summed E-state index contributed by atoms with van der Waals surface area (Å²) in [5, 5.41) is 12.0. The fourth-order valence-electron chi connectivity index (χ4n) is 1.84. The smallest absolute Gasteiger partial charge is 0.435 e. The molecule has 0 aliphatic heterocycles. The van der Waals surface area contributed by atoms with Crippen molar-refractivity contribution in [1.82, 2.24) is 9.78 Å². The first-order valence-corrected chi connectivity index (χ1v) is 5.74. The number of carboxylic acids is 1. The lowest BCUT2D eigenvalue weighted by Gasteiger charge is -2.05. The normalized spacial score (nSPS) is 15.9. The summed E-state index contributed by atoms with van der Waals surface area (Å²) in [6, 6.07) is 1.08. The maximum absolute atomic E-state index is 12.5. The average molecular weight is 262 g/mol. The molecular formula is C11H13F3N2O2. The van der Waals surface area contributed by atoms with E-state index in [0.717, 1.165) is 18.9 Å². The predicted octanol–water partition coefficient (Wildman–Crippen LogP) is 2.64. The molecule has 0 radical (unpaired) electrons. The van der Waals surface area contributed by atoms with Gasteiger partial charge in [0.2, 0.25) is 0 Å². The molecule has 0 spiro atoms. The van der Waals surface area contributed by atoms with Crippen molar-refractivity contribution in [1.29, 1.82) is 0 Å². The van der Waals surface area contributed by atoms with Gasteiger partial charge in [-0.05, 0) is 25.3 Å². The summed E-state index contributed by atoms with van der Waals surface area (Å²) in [4.78, 5) is 10.4. The molecule has 7 heteroatoms. The van der Waals surface area contributed by atoms with E-state index >= 15 is 0 Å². The van der Waals surface area contributed by atoms with Gasteiger partial charge in [-0.2, -0.15) is 18.3 Å². The Kier molecular flexibility index (Phi) is 3.32. The number of alkyl halides is 3. The van der Waals surface area contributed by atoms with Crippen LogP contribution in [0.3, 0.4) is 0 Å². The topological polar surface area (TPSA) is 55.1 Å². The van der Waals surface area contributed by atoms with Crippen LogP contribution in [0.15, 0.2) is 6.07 Å². The van der Waals surface area contributed by atoms with Crippen molar-refractivity contribution < 1.29 is 23.1 Å². The van der Waals surface area contributed by atoms with Crippen LogP contribution in [0.5, 0.6) is 0 Å². The summed E-state index contributed by atoms with van der Waals surface area (Å²) >= 11 is 0. The minimum absolute atomic E-state index is 0.0642. The number of halogens is 3. The van der Waals surface area contributed by atoms with Crippen LogP contribution in [0.4, 0.5) is 13.2 Å². The number of rotatable bonds is 5. The summed E-state index contributed by atoms with van der Waals surface area (Å²) in [5.74, 6) is -0.801. The molecule has 18 heavy (non-hydrogen) atoms. The van der Waals surface area contributed by atoms with Gasteiger partial charge in [0.05, 0.1) is 0 Å². The average Bonchev–Trinajstić information content (AvgIpc) is 2.98. The van der Waals surface area contributed by atoms with Gasteiger partial charge >= 0.3 is 12.1 Å². The fourth-order valence-corrected chi connectivity index (χ4v) is 1.84. The Morgan fingerprint density at radius 1 is 1.50 bits per heavy atom. The molecule has 4 nitrogen and oxygen atoms in total. The third kappa shape index (κ3) is 3.02. The molecule has 0 bridgehead atoms. The molecule has 0 saturated heterocycles. The van der Waals surface area contributed by atoms with Crippen LogP contribution in [0.2, 0.25) is 0 Å². The lowest BCUT2D eigenvalue weighted by molar-refractivity contribution is -0.141. The quantitative estimate of drug-likeness (QED) is 0.887. The molecule has 100 valence electrons. The van der Waals surface area contributed by atoms with Crippen LogP contribution in [-0.4, -0.2) is 20.9 Å². The van der Waals surface area contributed by atoms with Crippen molar-refractivity contribution in [2.24, 2.45) is 0 Å². The maximum atomic E-state index is 12.5. The largest absolute Gasteiger partial charge is 0.481 e. The molecule has 1 aromatic heterocycles. The molecule has 0 aromatic carbocycles. The SMILES string of the molecule is O=C(O)CCCn1nc(C(F)(F)F)cc1C1CC1. The van der Waals surface area contributed by atoms with E-state index in [0.29, 0.717) is 5.69 Å². The van der Waals surface area contributed by atoms with E-state index in [1.165, 1.54) is 4.68 Å². The van der Waals surface area contributed by atoms with Gasteiger partial charge in [-0.25, -0.2) is 0 Å². The third-order valence-electron chi connectivity index (χ3n) is 2.86. The van der Waals surface area contributed by atoms with Crippen LogP contribution in [0.25, 0.3) is 0 Å². The van der Waals surface area contributed by atoms with Gasteiger partial charge in [-0.3, -0.25) is 9.48 Å².